The van der Waals surface area contributed by atoms with Gasteiger partial charge in [-0.1, -0.05) is 194 Å². The molecule has 0 N–H and O–H groups in total. The quantitative estimate of drug-likeness (QED) is 0.0631. The number of esters is 2. The van der Waals surface area contributed by atoms with Gasteiger partial charge in [0.15, 0.2) is 0 Å². The van der Waals surface area contributed by atoms with Crippen LogP contribution in [-0.2, 0) is 39.5 Å². The minimum Gasteiger partial charge on any atom is -0.465 e. The summed E-state index contributed by atoms with van der Waals surface area (Å²) in [6, 6.07) is 71.8. The van der Waals surface area contributed by atoms with E-state index < -0.39 is 27.8 Å². The maximum atomic E-state index is 10.2. The standard InChI is InChI=1S/C44H32P2.C6H6O4.Pd/c1-5-19-35(20-6-1)45(36-21-7-2-8-22-36)41-31-29-33-17-13-15-27-39(33)43(41)44-40-28-16-14-18-34(40)30-32-42(44)46(37-23-9-3-10-24-37)38-25-11-4-12-26-38;1-9-5(7)3-4-6(8)10-2;/h1-32H;1-2H3;. The Morgan fingerprint density at radius 2 is 0.667 bits per heavy atom. The first-order chi connectivity index (χ1) is 27.6. The van der Waals surface area contributed by atoms with Gasteiger partial charge >= 0.3 is 11.9 Å². The molecule has 0 atom stereocenters. The van der Waals surface area contributed by atoms with Crippen molar-refractivity contribution in [1.29, 1.82) is 0 Å². The first-order valence-electron chi connectivity index (χ1n) is 18.1. The van der Waals surface area contributed by atoms with Crippen LogP contribution in [0.3, 0.4) is 0 Å². The van der Waals surface area contributed by atoms with Crippen molar-refractivity contribution in [1.82, 2.24) is 0 Å². The molecule has 8 aromatic carbocycles. The van der Waals surface area contributed by atoms with Gasteiger partial charge in [-0.15, -0.1) is 0 Å². The molecule has 282 valence electrons. The molecule has 0 aliphatic rings. The van der Waals surface area contributed by atoms with Gasteiger partial charge < -0.3 is 9.47 Å². The molecule has 0 spiro atoms. The van der Waals surface area contributed by atoms with E-state index in [-0.39, 0.29) is 20.4 Å². The zero-order valence-electron chi connectivity index (χ0n) is 31.3. The van der Waals surface area contributed by atoms with Gasteiger partial charge in [-0.25, -0.2) is 9.59 Å². The fourth-order valence-corrected chi connectivity index (χ4v) is 11.7. The molecular formula is C50H38O4P2Pd. The van der Waals surface area contributed by atoms with E-state index >= 15 is 0 Å². The monoisotopic (exact) mass is 870 g/mol. The zero-order valence-corrected chi connectivity index (χ0v) is 34.7. The van der Waals surface area contributed by atoms with E-state index in [0.29, 0.717) is 0 Å². The normalized spacial score (nSPS) is 10.9. The third-order valence-electron chi connectivity index (χ3n) is 9.24. The molecule has 8 rings (SSSR count). The van der Waals surface area contributed by atoms with Crippen LogP contribution in [0.2, 0.25) is 0 Å². The van der Waals surface area contributed by atoms with E-state index in [1.807, 2.05) is 12.2 Å². The molecular weight excluding hydrogens is 833 g/mol. The maximum absolute atomic E-state index is 10.2. The van der Waals surface area contributed by atoms with E-state index in [0.717, 1.165) is 0 Å². The van der Waals surface area contributed by atoms with Crippen LogP contribution >= 0.6 is 15.8 Å². The Balaban J connectivity index is 0.000000444. The Morgan fingerprint density at radius 3 is 0.965 bits per heavy atom. The van der Waals surface area contributed by atoms with E-state index in [1.165, 1.54) is 78.7 Å². The van der Waals surface area contributed by atoms with Crippen LogP contribution in [0.1, 0.15) is 0 Å². The minimum absolute atomic E-state index is 0. The molecule has 0 saturated carbocycles. The van der Waals surface area contributed by atoms with Crippen LogP contribution in [0, 0.1) is 12.2 Å². The third-order valence-corrected chi connectivity index (χ3v) is 14.2. The summed E-state index contributed by atoms with van der Waals surface area (Å²) in [5.74, 6) is -1.52. The Hall–Kier alpha value is -5.52. The summed E-state index contributed by atoms with van der Waals surface area (Å²) in [7, 11) is 0.646. The van der Waals surface area contributed by atoms with Crippen molar-refractivity contribution in [2.45, 2.75) is 0 Å². The Bertz CT molecular complexity index is 2340. The molecule has 0 bridgehead atoms. The van der Waals surface area contributed by atoms with Crippen molar-refractivity contribution >= 4 is 81.2 Å². The Kier molecular flexibility index (Phi) is 14.5. The van der Waals surface area contributed by atoms with Gasteiger partial charge in [0.05, 0.1) is 26.4 Å². The van der Waals surface area contributed by atoms with Crippen molar-refractivity contribution in [3.63, 3.8) is 0 Å². The number of ether oxygens (including phenoxy) is 2. The van der Waals surface area contributed by atoms with E-state index in [9.17, 15) is 9.59 Å². The average molecular weight is 871 g/mol. The Morgan fingerprint density at radius 1 is 0.386 bits per heavy atom. The second kappa shape index (κ2) is 20.1. The topological polar surface area (TPSA) is 52.6 Å². The summed E-state index contributed by atoms with van der Waals surface area (Å²) in [4.78, 5) is 20.5. The second-order valence-corrected chi connectivity index (χ2v) is 17.0. The predicted molar refractivity (Wildman–Crippen MR) is 235 cm³/mol. The first-order valence-corrected chi connectivity index (χ1v) is 20.8. The Labute approximate surface area is 350 Å². The van der Waals surface area contributed by atoms with E-state index in [1.54, 1.807) is 0 Å². The second-order valence-electron chi connectivity index (χ2n) is 12.6. The summed E-state index contributed by atoms with van der Waals surface area (Å²) >= 11 is 0. The van der Waals surface area contributed by atoms with Crippen LogP contribution in [0.15, 0.2) is 194 Å². The van der Waals surface area contributed by atoms with Crippen molar-refractivity contribution in [2.24, 2.45) is 0 Å². The maximum Gasteiger partial charge on any atom is 0.339 e. The number of carbonyl (C=O) groups is 2. The minimum atomic E-state index is -0.852. The van der Waals surface area contributed by atoms with Gasteiger partial charge in [-0.3, -0.25) is 0 Å². The SMILES string of the molecule is COC(=O)[C]=[C]C(=O)OC.[Pd].c1ccc(P(c2ccccc2)c2ccc3ccccc3c2-c2c(P(c3ccccc3)c3ccccc3)ccc3ccccc23)cc1. The molecule has 2 radical (unpaired) electrons. The molecule has 0 aliphatic heterocycles. The molecule has 7 heteroatoms. The summed E-state index contributed by atoms with van der Waals surface area (Å²) < 4.78 is 8.25. The van der Waals surface area contributed by atoms with Gasteiger partial charge in [0, 0.05) is 20.4 Å². The molecule has 0 aliphatic carbocycles. The van der Waals surface area contributed by atoms with Gasteiger partial charge in [0.2, 0.25) is 0 Å². The first kappa shape index (κ1) is 41.1. The van der Waals surface area contributed by atoms with Crippen LogP contribution in [0.25, 0.3) is 32.7 Å². The molecule has 0 fully saturated rings. The molecule has 0 aromatic heterocycles. The van der Waals surface area contributed by atoms with E-state index in [2.05, 4.69) is 204 Å². The van der Waals surface area contributed by atoms with E-state index in [4.69, 9.17) is 0 Å². The number of rotatable bonds is 9. The predicted octanol–water partition coefficient (Wildman–Crippen LogP) is 8.67. The number of fused-ring (bicyclic) bond motifs is 2. The number of methoxy groups -OCH3 is 2. The summed E-state index contributed by atoms with van der Waals surface area (Å²) in [5.41, 5.74) is 2.70. The smallest absolute Gasteiger partial charge is 0.339 e. The number of hydrogen-bond donors (Lipinski definition) is 0. The van der Waals surface area contributed by atoms with Crippen LogP contribution in [0.5, 0.6) is 0 Å². The van der Waals surface area contributed by atoms with Gasteiger partial charge in [0.1, 0.15) is 0 Å². The number of benzene rings is 8. The number of carbonyl (C=O) groups excluding carboxylic acids is 2. The van der Waals surface area contributed by atoms with Gasteiger partial charge in [0.25, 0.3) is 0 Å². The summed E-state index contributed by atoms with van der Waals surface area (Å²) in [6.07, 6.45) is 3.79. The van der Waals surface area contributed by atoms with Crippen LogP contribution in [-0.4, -0.2) is 26.2 Å². The largest absolute Gasteiger partial charge is 0.465 e. The summed E-state index contributed by atoms with van der Waals surface area (Å²) in [6.45, 7) is 0. The molecule has 0 unspecified atom stereocenters. The number of hydrogen-bond acceptors (Lipinski definition) is 4. The van der Waals surface area contributed by atoms with Gasteiger partial charge in [-0.05, 0) is 80.3 Å². The fourth-order valence-electron chi connectivity index (χ4n) is 6.79. The van der Waals surface area contributed by atoms with Crippen molar-refractivity contribution in [3.05, 3.63) is 206 Å². The van der Waals surface area contributed by atoms with Crippen molar-refractivity contribution < 1.29 is 39.5 Å². The molecule has 57 heavy (non-hydrogen) atoms. The fraction of sp³-hybridized carbons (Fsp3) is 0.0400. The third kappa shape index (κ3) is 9.55. The van der Waals surface area contributed by atoms with Crippen molar-refractivity contribution in [3.8, 4) is 11.1 Å². The molecule has 4 nitrogen and oxygen atoms in total. The molecule has 0 heterocycles. The van der Waals surface area contributed by atoms with Crippen molar-refractivity contribution in [2.75, 3.05) is 14.2 Å². The van der Waals surface area contributed by atoms with Gasteiger partial charge in [-0.2, -0.15) is 0 Å². The molecule has 8 aromatic rings. The summed E-state index contributed by atoms with van der Waals surface area (Å²) in [5, 5.41) is 13.3. The van der Waals surface area contributed by atoms with Crippen LogP contribution in [0.4, 0.5) is 0 Å². The average Bonchev–Trinajstić information content (AvgIpc) is 3.27. The molecule has 0 amide bonds. The molecule has 0 saturated heterocycles. The van der Waals surface area contributed by atoms with Crippen LogP contribution < -0.4 is 31.8 Å². The zero-order chi connectivity index (χ0) is 38.7.